The predicted octanol–water partition coefficient (Wildman–Crippen LogP) is 2.96. The third-order valence-electron chi connectivity index (χ3n) is 2.75. The van der Waals surface area contributed by atoms with E-state index < -0.39 is 5.60 Å². The Morgan fingerprint density at radius 2 is 2.00 bits per heavy atom. The largest absolute Gasteiger partial charge is 0.496 e. The Morgan fingerprint density at radius 1 is 1.31 bits per heavy atom. The van der Waals surface area contributed by atoms with Crippen LogP contribution in [0.5, 0.6) is 5.75 Å². The molecule has 1 aromatic rings. The van der Waals surface area contributed by atoms with Crippen molar-refractivity contribution in [3.05, 3.63) is 29.3 Å². The molecule has 0 aliphatic carbocycles. The summed E-state index contributed by atoms with van der Waals surface area (Å²) >= 11 is 0. The molecular formula is C14H22O2. The van der Waals surface area contributed by atoms with Gasteiger partial charge in [0.25, 0.3) is 0 Å². The van der Waals surface area contributed by atoms with Crippen LogP contribution in [0.25, 0.3) is 0 Å². The van der Waals surface area contributed by atoms with E-state index in [1.807, 2.05) is 19.9 Å². The van der Waals surface area contributed by atoms with Gasteiger partial charge in [-0.05, 0) is 50.3 Å². The fourth-order valence-corrected chi connectivity index (χ4v) is 1.71. The van der Waals surface area contributed by atoms with Gasteiger partial charge in [0, 0.05) is 0 Å². The van der Waals surface area contributed by atoms with E-state index in [2.05, 4.69) is 19.1 Å². The summed E-state index contributed by atoms with van der Waals surface area (Å²) in [7, 11) is 1.70. The molecule has 0 bridgehead atoms. The standard InChI is InChI=1S/C14H22O2/c1-5-12-10-11(6-7-13(12)16-4)8-9-14(2,3)15/h6-7,10,15H,5,8-9H2,1-4H3. The van der Waals surface area contributed by atoms with Gasteiger partial charge in [0.05, 0.1) is 12.7 Å². The third kappa shape index (κ3) is 3.86. The molecule has 0 atom stereocenters. The number of hydrogen-bond donors (Lipinski definition) is 1. The highest BCUT2D eigenvalue weighted by Crippen LogP contribution is 2.22. The van der Waals surface area contributed by atoms with Gasteiger partial charge in [0.2, 0.25) is 0 Å². The van der Waals surface area contributed by atoms with Crippen molar-refractivity contribution in [3.63, 3.8) is 0 Å². The highest BCUT2D eigenvalue weighted by atomic mass is 16.5. The summed E-state index contributed by atoms with van der Waals surface area (Å²) in [6.45, 7) is 5.81. The van der Waals surface area contributed by atoms with Crippen LogP contribution in [0.4, 0.5) is 0 Å². The molecule has 1 aromatic carbocycles. The monoisotopic (exact) mass is 222 g/mol. The van der Waals surface area contributed by atoms with Gasteiger partial charge < -0.3 is 9.84 Å². The summed E-state index contributed by atoms with van der Waals surface area (Å²) in [5.41, 5.74) is 1.90. The van der Waals surface area contributed by atoms with Gasteiger partial charge in [-0.2, -0.15) is 0 Å². The maximum absolute atomic E-state index is 9.68. The molecule has 0 spiro atoms. The first kappa shape index (κ1) is 13.0. The van der Waals surface area contributed by atoms with Crippen LogP contribution in [-0.2, 0) is 12.8 Å². The van der Waals surface area contributed by atoms with Crippen LogP contribution < -0.4 is 4.74 Å². The number of ether oxygens (including phenoxy) is 1. The normalized spacial score (nSPS) is 11.6. The van der Waals surface area contributed by atoms with Crippen molar-refractivity contribution in [1.29, 1.82) is 0 Å². The van der Waals surface area contributed by atoms with Crippen molar-refractivity contribution in [3.8, 4) is 5.75 Å². The van der Waals surface area contributed by atoms with Crippen molar-refractivity contribution in [2.24, 2.45) is 0 Å². The lowest BCUT2D eigenvalue weighted by atomic mass is 9.97. The zero-order valence-electron chi connectivity index (χ0n) is 10.7. The Kier molecular flexibility index (Phi) is 4.36. The zero-order chi connectivity index (χ0) is 12.2. The van der Waals surface area contributed by atoms with Gasteiger partial charge in [-0.25, -0.2) is 0 Å². The summed E-state index contributed by atoms with van der Waals surface area (Å²) in [6.07, 6.45) is 2.66. The first-order chi connectivity index (χ1) is 7.46. The fourth-order valence-electron chi connectivity index (χ4n) is 1.71. The highest BCUT2D eigenvalue weighted by molar-refractivity contribution is 5.37. The lowest BCUT2D eigenvalue weighted by Crippen LogP contribution is -2.19. The minimum atomic E-state index is -0.591. The number of methoxy groups -OCH3 is 1. The van der Waals surface area contributed by atoms with Gasteiger partial charge in [-0.1, -0.05) is 19.1 Å². The lowest BCUT2D eigenvalue weighted by Gasteiger charge is -2.17. The third-order valence-corrected chi connectivity index (χ3v) is 2.75. The molecule has 2 nitrogen and oxygen atoms in total. The highest BCUT2D eigenvalue weighted by Gasteiger charge is 2.12. The van der Waals surface area contributed by atoms with Crippen molar-refractivity contribution in [2.45, 2.75) is 45.6 Å². The first-order valence-electron chi connectivity index (χ1n) is 5.84. The molecule has 0 aromatic heterocycles. The van der Waals surface area contributed by atoms with Gasteiger partial charge >= 0.3 is 0 Å². The Morgan fingerprint density at radius 3 is 2.50 bits per heavy atom. The Balaban J connectivity index is 2.75. The quantitative estimate of drug-likeness (QED) is 0.830. The molecule has 90 valence electrons. The van der Waals surface area contributed by atoms with E-state index in [9.17, 15) is 5.11 Å². The van der Waals surface area contributed by atoms with Crippen LogP contribution in [0, 0.1) is 0 Å². The van der Waals surface area contributed by atoms with E-state index >= 15 is 0 Å². The molecule has 1 N–H and O–H groups in total. The van der Waals surface area contributed by atoms with Gasteiger partial charge in [-0.3, -0.25) is 0 Å². The average Bonchev–Trinajstić information content (AvgIpc) is 2.25. The van der Waals surface area contributed by atoms with Crippen LogP contribution in [-0.4, -0.2) is 17.8 Å². The van der Waals surface area contributed by atoms with Crippen LogP contribution in [0.3, 0.4) is 0 Å². The number of rotatable bonds is 5. The maximum atomic E-state index is 9.68. The molecule has 0 unspecified atom stereocenters. The topological polar surface area (TPSA) is 29.5 Å². The van der Waals surface area contributed by atoms with E-state index in [0.717, 1.165) is 25.0 Å². The minimum Gasteiger partial charge on any atom is -0.496 e. The maximum Gasteiger partial charge on any atom is 0.122 e. The molecular weight excluding hydrogens is 200 g/mol. The number of hydrogen-bond acceptors (Lipinski definition) is 2. The fraction of sp³-hybridized carbons (Fsp3) is 0.571. The summed E-state index contributed by atoms with van der Waals surface area (Å²) in [5, 5.41) is 9.68. The van der Waals surface area contributed by atoms with E-state index in [1.54, 1.807) is 7.11 Å². The average molecular weight is 222 g/mol. The van der Waals surface area contributed by atoms with Crippen LogP contribution >= 0.6 is 0 Å². The molecule has 0 saturated carbocycles. The van der Waals surface area contributed by atoms with Crippen molar-refractivity contribution < 1.29 is 9.84 Å². The van der Waals surface area contributed by atoms with Crippen LogP contribution in [0.1, 0.15) is 38.3 Å². The minimum absolute atomic E-state index is 0.591. The van der Waals surface area contributed by atoms with Gasteiger partial charge in [-0.15, -0.1) is 0 Å². The number of aliphatic hydroxyl groups is 1. The summed E-state index contributed by atoms with van der Waals surface area (Å²) in [4.78, 5) is 0. The second-order valence-electron chi connectivity index (χ2n) is 4.81. The number of aryl methyl sites for hydroxylation is 2. The molecule has 1 rings (SSSR count). The second kappa shape index (κ2) is 5.35. The molecule has 0 fully saturated rings. The Bertz CT molecular complexity index is 337. The SMILES string of the molecule is CCc1cc(CCC(C)(C)O)ccc1OC. The van der Waals surface area contributed by atoms with Crippen molar-refractivity contribution >= 4 is 0 Å². The Labute approximate surface area is 98.3 Å². The molecule has 0 amide bonds. The summed E-state index contributed by atoms with van der Waals surface area (Å²) in [5.74, 6) is 0.953. The predicted molar refractivity (Wildman–Crippen MR) is 67.0 cm³/mol. The molecule has 0 radical (unpaired) electrons. The smallest absolute Gasteiger partial charge is 0.122 e. The van der Waals surface area contributed by atoms with Crippen LogP contribution in [0.2, 0.25) is 0 Å². The van der Waals surface area contributed by atoms with Crippen LogP contribution in [0.15, 0.2) is 18.2 Å². The summed E-state index contributed by atoms with van der Waals surface area (Å²) in [6, 6.07) is 6.26. The molecule has 0 saturated heterocycles. The molecule has 0 aliphatic heterocycles. The Hall–Kier alpha value is -1.02. The zero-order valence-corrected chi connectivity index (χ0v) is 10.7. The molecule has 2 heteroatoms. The van der Waals surface area contributed by atoms with Gasteiger partial charge in [0.1, 0.15) is 5.75 Å². The van der Waals surface area contributed by atoms with E-state index in [0.29, 0.717) is 0 Å². The first-order valence-corrected chi connectivity index (χ1v) is 5.84. The summed E-state index contributed by atoms with van der Waals surface area (Å²) < 4.78 is 5.29. The van der Waals surface area contributed by atoms with E-state index in [-0.39, 0.29) is 0 Å². The lowest BCUT2D eigenvalue weighted by molar-refractivity contribution is 0.0714. The van der Waals surface area contributed by atoms with Gasteiger partial charge in [0.15, 0.2) is 0 Å². The van der Waals surface area contributed by atoms with Crippen molar-refractivity contribution in [2.75, 3.05) is 7.11 Å². The second-order valence-corrected chi connectivity index (χ2v) is 4.81. The number of benzene rings is 1. The molecule has 0 heterocycles. The molecule has 0 aliphatic rings. The van der Waals surface area contributed by atoms with E-state index in [1.165, 1.54) is 11.1 Å². The molecule has 16 heavy (non-hydrogen) atoms. The van der Waals surface area contributed by atoms with Crippen molar-refractivity contribution in [1.82, 2.24) is 0 Å². The van der Waals surface area contributed by atoms with E-state index in [4.69, 9.17) is 4.74 Å².